The second-order valence-electron chi connectivity index (χ2n) is 6.68. The molecule has 0 radical (unpaired) electrons. The number of nitrogens with one attached hydrogen (secondary N) is 1. The number of carbonyl (C=O) groups excluding carboxylic acids is 1. The molecule has 0 saturated heterocycles. The Labute approximate surface area is 175 Å². The van der Waals surface area contributed by atoms with Gasteiger partial charge in [-0.2, -0.15) is 0 Å². The molecule has 6 nitrogen and oxygen atoms in total. The Hall–Kier alpha value is -2.51. The molecule has 1 atom stereocenters. The second-order valence-corrected chi connectivity index (χ2v) is 7.70. The van der Waals surface area contributed by atoms with Gasteiger partial charge < -0.3 is 14.3 Å². The first-order valence-corrected chi connectivity index (χ1v) is 10.8. The van der Waals surface area contributed by atoms with Crippen molar-refractivity contribution in [2.24, 2.45) is 0 Å². The fourth-order valence-corrected chi connectivity index (χ4v) is 4.18. The van der Waals surface area contributed by atoms with E-state index in [2.05, 4.69) is 29.2 Å². The fraction of sp³-hybridized carbons (Fsp3) is 0.364. The van der Waals surface area contributed by atoms with Gasteiger partial charge in [-0.3, -0.25) is 9.69 Å². The van der Waals surface area contributed by atoms with E-state index in [1.54, 1.807) is 18.0 Å². The number of rotatable bonds is 10. The van der Waals surface area contributed by atoms with Crippen LogP contribution in [-0.2, 0) is 5.75 Å². The third kappa shape index (κ3) is 5.52. The number of likely N-dealkylation sites (N-methyl/N-ethyl adjacent to an activating group) is 1. The summed E-state index contributed by atoms with van der Waals surface area (Å²) in [5, 5.41) is 7.00. The molecule has 3 aromatic rings. The molecule has 1 amide bonds. The van der Waals surface area contributed by atoms with Gasteiger partial charge in [-0.05, 0) is 44.3 Å². The Kier molecular flexibility index (Phi) is 7.55. The molecule has 7 heteroatoms. The molecule has 2 heterocycles. The minimum atomic E-state index is -0.0921. The first kappa shape index (κ1) is 21.2. The van der Waals surface area contributed by atoms with Crippen LogP contribution in [0.15, 0.2) is 62.6 Å². The van der Waals surface area contributed by atoms with Crippen molar-refractivity contribution in [3.8, 4) is 0 Å². The van der Waals surface area contributed by atoms with Crippen molar-refractivity contribution in [1.82, 2.24) is 15.4 Å². The monoisotopic (exact) mass is 413 g/mol. The average molecular weight is 414 g/mol. The van der Waals surface area contributed by atoms with Crippen molar-refractivity contribution in [3.63, 3.8) is 0 Å². The zero-order valence-corrected chi connectivity index (χ0v) is 17.9. The maximum Gasteiger partial charge on any atom is 0.252 e. The molecule has 0 aliphatic rings. The van der Waals surface area contributed by atoms with Crippen LogP contribution >= 0.6 is 11.8 Å². The maximum absolute atomic E-state index is 12.9. The molecular formula is C22H27N3O3S. The number of amides is 1. The zero-order chi connectivity index (χ0) is 20.6. The van der Waals surface area contributed by atoms with Gasteiger partial charge in [0.25, 0.3) is 5.91 Å². The summed E-state index contributed by atoms with van der Waals surface area (Å²) in [6.07, 6.45) is 1.67. The van der Waals surface area contributed by atoms with Crippen molar-refractivity contribution in [2.45, 2.75) is 37.5 Å². The van der Waals surface area contributed by atoms with Crippen LogP contribution in [0.25, 0.3) is 0 Å². The number of aryl methyl sites for hydroxylation is 1. The minimum Gasteiger partial charge on any atom is -0.468 e. The largest absolute Gasteiger partial charge is 0.468 e. The normalized spacial score (nSPS) is 12.3. The molecule has 0 fully saturated rings. The lowest BCUT2D eigenvalue weighted by atomic mass is 10.1. The van der Waals surface area contributed by atoms with E-state index in [1.165, 1.54) is 0 Å². The lowest BCUT2D eigenvalue weighted by molar-refractivity contribution is 0.0926. The third-order valence-corrected chi connectivity index (χ3v) is 5.85. The number of nitrogens with zero attached hydrogens (tertiary/aromatic N) is 2. The van der Waals surface area contributed by atoms with E-state index in [0.29, 0.717) is 17.9 Å². The summed E-state index contributed by atoms with van der Waals surface area (Å²) in [6, 6.07) is 13.4. The molecule has 0 saturated carbocycles. The van der Waals surface area contributed by atoms with Gasteiger partial charge in [0.15, 0.2) is 0 Å². The Morgan fingerprint density at radius 1 is 1.21 bits per heavy atom. The smallest absolute Gasteiger partial charge is 0.252 e. The zero-order valence-electron chi connectivity index (χ0n) is 17.1. The van der Waals surface area contributed by atoms with Crippen molar-refractivity contribution < 1.29 is 13.7 Å². The number of aromatic nitrogens is 1. The van der Waals surface area contributed by atoms with Crippen molar-refractivity contribution >= 4 is 17.7 Å². The summed E-state index contributed by atoms with van der Waals surface area (Å²) in [7, 11) is 0. The van der Waals surface area contributed by atoms with Gasteiger partial charge in [-0.15, -0.1) is 11.8 Å². The molecule has 0 bridgehead atoms. The van der Waals surface area contributed by atoms with Gasteiger partial charge >= 0.3 is 0 Å². The van der Waals surface area contributed by atoms with Crippen molar-refractivity contribution in [1.29, 1.82) is 0 Å². The number of hydrogen-bond acceptors (Lipinski definition) is 6. The summed E-state index contributed by atoms with van der Waals surface area (Å²) in [6.45, 7) is 8.34. The fourth-order valence-electron chi connectivity index (χ4n) is 3.25. The summed E-state index contributed by atoms with van der Waals surface area (Å²) >= 11 is 1.57. The highest BCUT2D eigenvalue weighted by molar-refractivity contribution is 7.98. The van der Waals surface area contributed by atoms with E-state index in [1.807, 2.05) is 49.4 Å². The third-order valence-electron chi connectivity index (χ3n) is 4.76. The molecule has 3 rings (SSSR count). The van der Waals surface area contributed by atoms with E-state index in [-0.39, 0.29) is 11.9 Å². The van der Waals surface area contributed by atoms with Crippen LogP contribution in [0.1, 0.15) is 47.5 Å². The molecule has 154 valence electrons. The molecule has 0 spiro atoms. The molecule has 1 N–H and O–H groups in total. The lowest BCUT2D eigenvalue weighted by Gasteiger charge is -2.28. The number of furan rings is 1. The number of benzene rings is 1. The van der Waals surface area contributed by atoms with Crippen LogP contribution in [0.2, 0.25) is 0 Å². The highest BCUT2D eigenvalue weighted by atomic mass is 32.2. The van der Waals surface area contributed by atoms with Crippen molar-refractivity contribution in [3.05, 3.63) is 71.5 Å². The second kappa shape index (κ2) is 10.3. The molecule has 1 aromatic carbocycles. The predicted molar refractivity (Wildman–Crippen MR) is 114 cm³/mol. The Morgan fingerprint density at radius 2 is 2.00 bits per heavy atom. The van der Waals surface area contributed by atoms with E-state index < -0.39 is 0 Å². The van der Waals surface area contributed by atoms with Crippen LogP contribution < -0.4 is 5.32 Å². The predicted octanol–water partition coefficient (Wildman–Crippen LogP) is 4.68. The highest BCUT2D eigenvalue weighted by Crippen LogP contribution is 2.27. The molecule has 0 aliphatic carbocycles. The average Bonchev–Trinajstić information content (AvgIpc) is 3.41. The SMILES string of the molecule is CCN(CC)C(CNC(=O)c1ccccc1SCc1cc(C)no1)c1ccco1. The summed E-state index contributed by atoms with van der Waals surface area (Å²) in [4.78, 5) is 16.1. The Morgan fingerprint density at radius 3 is 2.66 bits per heavy atom. The van der Waals surface area contributed by atoms with Gasteiger partial charge in [-0.25, -0.2) is 0 Å². The van der Waals surface area contributed by atoms with E-state index >= 15 is 0 Å². The quantitative estimate of drug-likeness (QED) is 0.487. The van der Waals surface area contributed by atoms with Crippen LogP contribution in [0, 0.1) is 6.92 Å². The molecule has 0 aliphatic heterocycles. The van der Waals surface area contributed by atoms with Crippen LogP contribution in [-0.4, -0.2) is 35.6 Å². The van der Waals surface area contributed by atoms with Gasteiger partial charge in [-0.1, -0.05) is 31.1 Å². The van der Waals surface area contributed by atoms with Gasteiger partial charge in [0, 0.05) is 17.5 Å². The summed E-state index contributed by atoms with van der Waals surface area (Å²) in [5.74, 6) is 2.18. The first-order valence-electron chi connectivity index (χ1n) is 9.82. The van der Waals surface area contributed by atoms with E-state index in [0.717, 1.165) is 35.2 Å². The number of hydrogen-bond donors (Lipinski definition) is 1. The van der Waals surface area contributed by atoms with Crippen LogP contribution in [0.4, 0.5) is 0 Å². The lowest BCUT2D eigenvalue weighted by Crippen LogP contribution is -2.38. The first-order chi connectivity index (χ1) is 14.1. The highest BCUT2D eigenvalue weighted by Gasteiger charge is 2.22. The van der Waals surface area contributed by atoms with Crippen molar-refractivity contribution in [2.75, 3.05) is 19.6 Å². The molecular weight excluding hydrogens is 386 g/mol. The summed E-state index contributed by atoms with van der Waals surface area (Å²) in [5.41, 5.74) is 1.51. The van der Waals surface area contributed by atoms with Gasteiger partial charge in [0.05, 0.1) is 29.3 Å². The van der Waals surface area contributed by atoms with Crippen LogP contribution in [0.5, 0.6) is 0 Å². The standard InChI is InChI=1S/C22H27N3O3S/c1-4-25(5-2)19(20-10-8-12-27-20)14-23-22(26)18-9-6-7-11-21(18)29-15-17-13-16(3)24-28-17/h6-13,19H,4-5,14-15H2,1-3H3,(H,23,26). The summed E-state index contributed by atoms with van der Waals surface area (Å²) < 4.78 is 10.9. The minimum absolute atomic E-state index is 0.000864. The molecule has 1 unspecified atom stereocenters. The van der Waals surface area contributed by atoms with E-state index in [4.69, 9.17) is 8.94 Å². The number of thioether (sulfide) groups is 1. The molecule has 29 heavy (non-hydrogen) atoms. The Bertz CT molecular complexity index is 904. The Balaban J connectivity index is 1.68. The van der Waals surface area contributed by atoms with E-state index in [9.17, 15) is 4.79 Å². The van der Waals surface area contributed by atoms with Gasteiger partial charge in [0.1, 0.15) is 11.5 Å². The molecule has 2 aromatic heterocycles. The van der Waals surface area contributed by atoms with Gasteiger partial charge in [0.2, 0.25) is 0 Å². The topological polar surface area (TPSA) is 71.5 Å². The van der Waals surface area contributed by atoms with Crippen LogP contribution in [0.3, 0.4) is 0 Å². The number of carbonyl (C=O) groups is 1. The maximum atomic E-state index is 12.9.